The maximum atomic E-state index is 9.43. The standard InChI is InChI=1S/C43H28N2/c44-24-28-17-13-26(14-18-28)21-36-32-9-3-5-11-34(32)40-38-23-30-7-1-2-8-31(30)39(38)42-37(22-27-15-19-29(25-45)20-16-27)33-10-4-6-12-35(33)41(42)43(36)40/h1-20,36-37H,21-23H2/t36-,37-/m1/s1. The van der Waals surface area contributed by atoms with E-state index >= 15 is 0 Å². The van der Waals surface area contributed by atoms with Crippen LogP contribution in [-0.4, -0.2) is 0 Å². The second-order valence-corrected chi connectivity index (χ2v) is 12.6. The van der Waals surface area contributed by atoms with Gasteiger partial charge in [-0.2, -0.15) is 10.5 Å². The summed E-state index contributed by atoms with van der Waals surface area (Å²) in [5, 5.41) is 18.9. The highest BCUT2D eigenvalue weighted by Gasteiger charge is 2.43. The molecule has 2 atom stereocenters. The average Bonchev–Trinajstić information content (AvgIpc) is 3.74. The molecule has 0 unspecified atom stereocenters. The topological polar surface area (TPSA) is 47.6 Å². The van der Waals surface area contributed by atoms with Crippen molar-refractivity contribution in [3.8, 4) is 45.5 Å². The number of benzene rings is 6. The molecule has 0 saturated carbocycles. The maximum Gasteiger partial charge on any atom is 0.0991 e. The molecule has 0 aromatic heterocycles. The van der Waals surface area contributed by atoms with Crippen molar-refractivity contribution in [1.82, 2.24) is 0 Å². The Balaban J connectivity index is 1.33. The molecule has 0 amide bonds. The van der Waals surface area contributed by atoms with Crippen molar-refractivity contribution in [3.05, 3.63) is 177 Å². The minimum Gasteiger partial charge on any atom is -0.192 e. The van der Waals surface area contributed by atoms with Crippen LogP contribution in [0.2, 0.25) is 0 Å². The van der Waals surface area contributed by atoms with Gasteiger partial charge in [-0.1, -0.05) is 97.1 Å². The Morgan fingerprint density at radius 2 is 0.933 bits per heavy atom. The van der Waals surface area contributed by atoms with E-state index in [0.29, 0.717) is 11.1 Å². The molecule has 0 radical (unpaired) electrons. The van der Waals surface area contributed by atoms with Gasteiger partial charge in [0.05, 0.1) is 23.3 Å². The zero-order valence-electron chi connectivity index (χ0n) is 24.7. The van der Waals surface area contributed by atoms with Gasteiger partial charge in [-0.25, -0.2) is 0 Å². The lowest BCUT2D eigenvalue weighted by atomic mass is 9.79. The van der Waals surface area contributed by atoms with Crippen LogP contribution in [0.4, 0.5) is 0 Å². The van der Waals surface area contributed by atoms with Crippen molar-refractivity contribution >= 4 is 0 Å². The molecule has 2 heteroatoms. The van der Waals surface area contributed by atoms with Crippen LogP contribution in [0.25, 0.3) is 33.4 Å². The number of rotatable bonds is 4. The molecule has 210 valence electrons. The average molecular weight is 573 g/mol. The Hall–Kier alpha value is -5.70. The van der Waals surface area contributed by atoms with Gasteiger partial charge in [0.25, 0.3) is 0 Å². The van der Waals surface area contributed by atoms with Crippen molar-refractivity contribution in [2.24, 2.45) is 0 Å². The molecule has 0 heterocycles. The van der Waals surface area contributed by atoms with Gasteiger partial charge in [-0.05, 0) is 121 Å². The van der Waals surface area contributed by atoms with Gasteiger partial charge in [-0.3, -0.25) is 0 Å². The van der Waals surface area contributed by atoms with Crippen molar-refractivity contribution in [3.63, 3.8) is 0 Å². The normalized spacial score (nSPS) is 16.0. The molecule has 3 aliphatic carbocycles. The van der Waals surface area contributed by atoms with Gasteiger partial charge >= 0.3 is 0 Å². The van der Waals surface area contributed by atoms with E-state index in [1.54, 1.807) is 0 Å². The van der Waals surface area contributed by atoms with Crippen LogP contribution >= 0.6 is 0 Å². The second-order valence-electron chi connectivity index (χ2n) is 12.6. The van der Waals surface area contributed by atoms with Crippen molar-refractivity contribution in [2.75, 3.05) is 0 Å². The first-order valence-electron chi connectivity index (χ1n) is 15.7. The summed E-state index contributed by atoms with van der Waals surface area (Å²) in [6, 6.07) is 47.9. The fraction of sp³-hybridized carbons (Fsp3) is 0.116. The summed E-state index contributed by atoms with van der Waals surface area (Å²) in [6.07, 6.45) is 2.71. The smallest absolute Gasteiger partial charge is 0.0991 e. The van der Waals surface area contributed by atoms with Crippen molar-refractivity contribution in [2.45, 2.75) is 31.1 Å². The molecule has 0 bridgehead atoms. The number of fused-ring (bicyclic) bond motifs is 12. The van der Waals surface area contributed by atoms with Crippen LogP contribution in [0.15, 0.2) is 121 Å². The van der Waals surface area contributed by atoms with Gasteiger partial charge in [-0.15, -0.1) is 0 Å². The molecule has 0 aliphatic heterocycles. The molecule has 2 nitrogen and oxygen atoms in total. The molecule has 0 saturated heterocycles. The predicted molar refractivity (Wildman–Crippen MR) is 179 cm³/mol. The summed E-state index contributed by atoms with van der Waals surface area (Å²) < 4.78 is 0. The Bertz CT molecular complexity index is 2180. The van der Waals surface area contributed by atoms with E-state index in [2.05, 4.69) is 109 Å². The molecule has 6 aromatic carbocycles. The lowest BCUT2D eigenvalue weighted by Crippen LogP contribution is -2.07. The quantitative estimate of drug-likeness (QED) is 0.211. The van der Waals surface area contributed by atoms with Gasteiger partial charge in [0.2, 0.25) is 0 Å². The van der Waals surface area contributed by atoms with Crippen molar-refractivity contribution in [1.29, 1.82) is 10.5 Å². The monoisotopic (exact) mass is 572 g/mol. The van der Waals surface area contributed by atoms with E-state index in [4.69, 9.17) is 0 Å². The molecular formula is C43H28N2. The molecule has 3 aliphatic rings. The molecule has 45 heavy (non-hydrogen) atoms. The van der Waals surface area contributed by atoms with Crippen LogP contribution < -0.4 is 0 Å². The summed E-state index contributed by atoms with van der Waals surface area (Å²) >= 11 is 0. The van der Waals surface area contributed by atoms with Crippen molar-refractivity contribution < 1.29 is 0 Å². The fourth-order valence-electron chi connectivity index (χ4n) is 8.43. The predicted octanol–water partition coefficient (Wildman–Crippen LogP) is 9.71. The SMILES string of the molecule is N#Cc1ccc(C[C@@H]2c3ccccc3-c3c2c2c(c4c3[C@H](Cc3ccc(C#N)cc3)c3ccccc3-4)Cc3ccccc3-2)cc1. The van der Waals surface area contributed by atoms with Crippen LogP contribution in [0, 0.1) is 22.7 Å². The third kappa shape index (κ3) is 3.80. The Labute approximate surface area is 263 Å². The minimum atomic E-state index is 0.216. The second kappa shape index (κ2) is 9.92. The lowest BCUT2D eigenvalue weighted by molar-refractivity contribution is 0.814. The third-order valence-corrected chi connectivity index (χ3v) is 10.3. The number of nitrogens with zero attached hydrogens (tertiary/aromatic N) is 2. The van der Waals surface area contributed by atoms with E-state index in [-0.39, 0.29) is 11.8 Å². The first-order valence-corrected chi connectivity index (χ1v) is 15.7. The fourth-order valence-corrected chi connectivity index (χ4v) is 8.43. The molecule has 0 fully saturated rings. The maximum absolute atomic E-state index is 9.43. The highest BCUT2D eigenvalue weighted by molar-refractivity contribution is 6.02. The van der Waals surface area contributed by atoms with E-state index < -0.39 is 0 Å². The summed E-state index contributed by atoms with van der Waals surface area (Å²) in [7, 11) is 0. The highest BCUT2D eigenvalue weighted by Crippen LogP contribution is 2.62. The summed E-state index contributed by atoms with van der Waals surface area (Å²) in [4.78, 5) is 0. The summed E-state index contributed by atoms with van der Waals surface area (Å²) in [6.45, 7) is 0. The Kier molecular flexibility index (Phi) is 5.68. The Morgan fingerprint density at radius 1 is 0.489 bits per heavy atom. The number of hydrogen-bond donors (Lipinski definition) is 0. The van der Waals surface area contributed by atoms with E-state index in [1.807, 2.05) is 24.3 Å². The summed E-state index contributed by atoms with van der Waals surface area (Å²) in [5.41, 5.74) is 20.9. The van der Waals surface area contributed by atoms with Gasteiger partial charge in [0, 0.05) is 11.8 Å². The van der Waals surface area contributed by atoms with E-state index in [0.717, 1.165) is 19.3 Å². The van der Waals surface area contributed by atoms with Gasteiger partial charge < -0.3 is 0 Å². The van der Waals surface area contributed by atoms with Crippen LogP contribution in [-0.2, 0) is 19.3 Å². The number of nitriles is 2. The number of hydrogen-bond acceptors (Lipinski definition) is 2. The molecule has 6 aromatic rings. The summed E-state index contributed by atoms with van der Waals surface area (Å²) in [5.74, 6) is 0.433. The lowest BCUT2D eigenvalue weighted by Gasteiger charge is -2.23. The van der Waals surface area contributed by atoms with Gasteiger partial charge in [0.15, 0.2) is 0 Å². The highest BCUT2D eigenvalue weighted by atomic mass is 14.5. The van der Waals surface area contributed by atoms with Crippen LogP contribution in [0.3, 0.4) is 0 Å². The van der Waals surface area contributed by atoms with Gasteiger partial charge in [0.1, 0.15) is 0 Å². The molecule has 0 N–H and O–H groups in total. The minimum absolute atomic E-state index is 0.216. The zero-order valence-corrected chi connectivity index (χ0v) is 24.7. The van der Waals surface area contributed by atoms with Crippen LogP contribution in [0.1, 0.15) is 67.5 Å². The zero-order chi connectivity index (χ0) is 30.1. The van der Waals surface area contributed by atoms with E-state index in [1.165, 1.54) is 77.9 Å². The molecule has 9 rings (SSSR count). The molecule has 0 spiro atoms. The van der Waals surface area contributed by atoms with E-state index in [9.17, 15) is 10.5 Å². The molecular weight excluding hydrogens is 544 g/mol. The van der Waals surface area contributed by atoms with Crippen LogP contribution in [0.5, 0.6) is 0 Å². The largest absolute Gasteiger partial charge is 0.192 e. The third-order valence-electron chi connectivity index (χ3n) is 10.3. The first kappa shape index (κ1) is 25.8. The Morgan fingerprint density at radius 3 is 1.47 bits per heavy atom. The first-order chi connectivity index (χ1) is 22.2.